The standard InChI is InChI=1S/C14H23N3O2/c1-2-17-10-12(9-16-17)13(18)15-11-14(19)7-5-3-4-6-8-14/h9-10,19H,2-8,11H2,1H3,(H,15,18). The first-order chi connectivity index (χ1) is 9.13. The van der Waals surface area contributed by atoms with Crippen LogP contribution in [-0.4, -0.2) is 32.9 Å². The Morgan fingerprint density at radius 3 is 2.68 bits per heavy atom. The normalized spacial score (nSPS) is 18.8. The molecule has 2 rings (SSSR count). The molecule has 1 heterocycles. The van der Waals surface area contributed by atoms with E-state index in [0.29, 0.717) is 12.1 Å². The highest BCUT2D eigenvalue weighted by Crippen LogP contribution is 2.26. The number of hydrogen-bond acceptors (Lipinski definition) is 3. The van der Waals surface area contributed by atoms with Crippen molar-refractivity contribution in [2.75, 3.05) is 6.54 Å². The fourth-order valence-corrected chi connectivity index (χ4v) is 2.56. The van der Waals surface area contributed by atoms with Crippen molar-refractivity contribution in [1.29, 1.82) is 0 Å². The van der Waals surface area contributed by atoms with Crippen LogP contribution >= 0.6 is 0 Å². The number of nitrogens with zero attached hydrogens (tertiary/aromatic N) is 2. The van der Waals surface area contributed by atoms with Gasteiger partial charge in [0.2, 0.25) is 0 Å². The second-order valence-electron chi connectivity index (χ2n) is 5.41. The molecule has 1 fully saturated rings. The van der Waals surface area contributed by atoms with Crippen LogP contribution in [0.2, 0.25) is 0 Å². The molecule has 1 saturated carbocycles. The van der Waals surface area contributed by atoms with E-state index < -0.39 is 5.60 Å². The highest BCUT2D eigenvalue weighted by atomic mass is 16.3. The summed E-state index contributed by atoms with van der Waals surface area (Å²) in [6.45, 7) is 3.06. The second kappa shape index (κ2) is 6.19. The third-order valence-electron chi connectivity index (χ3n) is 3.83. The molecule has 0 atom stereocenters. The lowest BCUT2D eigenvalue weighted by molar-refractivity contribution is 0.0246. The summed E-state index contributed by atoms with van der Waals surface area (Å²) in [5, 5.41) is 17.4. The van der Waals surface area contributed by atoms with Crippen molar-refractivity contribution in [3.63, 3.8) is 0 Å². The molecule has 5 heteroatoms. The predicted octanol–water partition coefficient (Wildman–Crippen LogP) is 1.72. The van der Waals surface area contributed by atoms with Crippen molar-refractivity contribution < 1.29 is 9.90 Å². The second-order valence-corrected chi connectivity index (χ2v) is 5.41. The summed E-state index contributed by atoms with van der Waals surface area (Å²) in [7, 11) is 0. The summed E-state index contributed by atoms with van der Waals surface area (Å²) < 4.78 is 1.72. The Morgan fingerprint density at radius 2 is 2.11 bits per heavy atom. The van der Waals surface area contributed by atoms with Crippen LogP contribution in [0.5, 0.6) is 0 Å². The summed E-state index contributed by atoms with van der Waals surface area (Å²) >= 11 is 0. The van der Waals surface area contributed by atoms with Crippen LogP contribution in [0.1, 0.15) is 55.8 Å². The van der Waals surface area contributed by atoms with Gasteiger partial charge in [-0.1, -0.05) is 25.7 Å². The van der Waals surface area contributed by atoms with E-state index in [1.165, 1.54) is 12.8 Å². The molecule has 1 amide bonds. The zero-order valence-electron chi connectivity index (χ0n) is 11.6. The van der Waals surface area contributed by atoms with Gasteiger partial charge in [0.1, 0.15) is 0 Å². The van der Waals surface area contributed by atoms with E-state index in [-0.39, 0.29) is 5.91 Å². The van der Waals surface area contributed by atoms with Gasteiger partial charge in [0.25, 0.3) is 5.91 Å². The topological polar surface area (TPSA) is 67.2 Å². The van der Waals surface area contributed by atoms with Crippen LogP contribution in [0.3, 0.4) is 0 Å². The molecule has 0 aliphatic heterocycles. The minimum absolute atomic E-state index is 0.155. The van der Waals surface area contributed by atoms with Gasteiger partial charge in [-0.05, 0) is 19.8 Å². The van der Waals surface area contributed by atoms with Gasteiger partial charge < -0.3 is 10.4 Å². The van der Waals surface area contributed by atoms with Gasteiger partial charge in [-0.25, -0.2) is 0 Å². The molecular weight excluding hydrogens is 242 g/mol. The summed E-state index contributed by atoms with van der Waals surface area (Å²) in [6, 6.07) is 0. The Labute approximate surface area is 114 Å². The SMILES string of the molecule is CCn1cc(C(=O)NCC2(O)CCCCCC2)cn1. The third kappa shape index (κ3) is 3.80. The van der Waals surface area contributed by atoms with Crippen LogP contribution in [0.25, 0.3) is 0 Å². The first kappa shape index (κ1) is 14.1. The van der Waals surface area contributed by atoms with E-state index in [1.54, 1.807) is 17.1 Å². The van der Waals surface area contributed by atoms with Gasteiger partial charge in [-0.3, -0.25) is 9.48 Å². The first-order valence-corrected chi connectivity index (χ1v) is 7.16. The highest BCUT2D eigenvalue weighted by Gasteiger charge is 2.28. The number of carbonyl (C=O) groups is 1. The Balaban J connectivity index is 1.88. The monoisotopic (exact) mass is 265 g/mol. The molecular formula is C14H23N3O2. The maximum absolute atomic E-state index is 12.0. The maximum atomic E-state index is 12.0. The number of hydrogen-bond donors (Lipinski definition) is 2. The maximum Gasteiger partial charge on any atom is 0.254 e. The van der Waals surface area contributed by atoms with Crippen molar-refractivity contribution in [2.24, 2.45) is 0 Å². The highest BCUT2D eigenvalue weighted by molar-refractivity contribution is 5.93. The van der Waals surface area contributed by atoms with E-state index in [9.17, 15) is 9.90 Å². The molecule has 2 N–H and O–H groups in total. The summed E-state index contributed by atoms with van der Waals surface area (Å²) in [5.41, 5.74) is -0.175. The van der Waals surface area contributed by atoms with Gasteiger partial charge in [-0.2, -0.15) is 5.10 Å². The van der Waals surface area contributed by atoms with Crippen LogP contribution in [-0.2, 0) is 6.54 Å². The van der Waals surface area contributed by atoms with Crippen LogP contribution in [0.4, 0.5) is 0 Å². The molecule has 19 heavy (non-hydrogen) atoms. The Bertz CT molecular complexity index is 420. The molecule has 0 aromatic carbocycles. The molecule has 0 unspecified atom stereocenters. The molecule has 0 spiro atoms. The molecule has 0 saturated heterocycles. The summed E-state index contributed by atoms with van der Waals surface area (Å²) in [4.78, 5) is 12.0. The van der Waals surface area contributed by atoms with Gasteiger partial charge in [0, 0.05) is 19.3 Å². The third-order valence-corrected chi connectivity index (χ3v) is 3.83. The van der Waals surface area contributed by atoms with Gasteiger partial charge in [-0.15, -0.1) is 0 Å². The average Bonchev–Trinajstić information content (AvgIpc) is 2.79. The number of carbonyl (C=O) groups excluding carboxylic acids is 1. The number of aryl methyl sites for hydroxylation is 1. The number of rotatable bonds is 4. The predicted molar refractivity (Wildman–Crippen MR) is 72.9 cm³/mol. The first-order valence-electron chi connectivity index (χ1n) is 7.16. The molecule has 1 aliphatic carbocycles. The Hall–Kier alpha value is -1.36. The van der Waals surface area contributed by atoms with Crippen molar-refractivity contribution in [3.05, 3.63) is 18.0 Å². The van der Waals surface area contributed by atoms with E-state index in [2.05, 4.69) is 10.4 Å². The number of amides is 1. The molecule has 1 aliphatic rings. The van der Waals surface area contributed by atoms with Crippen molar-refractivity contribution in [2.45, 2.75) is 57.6 Å². The van der Waals surface area contributed by atoms with E-state index >= 15 is 0 Å². The van der Waals surface area contributed by atoms with Gasteiger partial charge in [0.15, 0.2) is 0 Å². The fourth-order valence-electron chi connectivity index (χ4n) is 2.56. The smallest absolute Gasteiger partial charge is 0.254 e. The van der Waals surface area contributed by atoms with Crippen LogP contribution in [0, 0.1) is 0 Å². The fraction of sp³-hybridized carbons (Fsp3) is 0.714. The number of aromatic nitrogens is 2. The minimum Gasteiger partial charge on any atom is -0.388 e. The van der Waals surface area contributed by atoms with E-state index in [0.717, 1.165) is 32.2 Å². The van der Waals surface area contributed by atoms with Crippen molar-refractivity contribution >= 4 is 5.91 Å². The van der Waals surface area contributed by atoms with Crippen LogP contribution in [0.15, 0.2) is 12.4 Å². The zero-order valence-corrected chi connectivity index (χ0v) is 11.6. The average molecular weight is 265 g/mol. The molecule has 106 valence electrons. The molecule has 0 radical (unpaired) electrons. The molecule has 5 nitrogen and oxygen atoms in total. The summed E-state index contributed by atoms with van der Waals surface area (Å²) in [5.74, 6) is -0.155. The number of nitrogens with one attached hydrogen (secondary N) is 1. The van der Waals surface area contributed by atoms with E-state index in [4.69, 9.17) is 0 Å². The van der Waals surface area contributed by atoms with Crippen molar-refractivity contribution in [1.82, 2.24) is 15.1 Å². The number of aliphatic hydroxyl groups is 1. The van der Waals surface area contributed by atoms with Gasteiger partial charge in [0.05, 0.1) is 17.4 Å². The summed E-state index contributed by atoms with van der Waals surface area (Å²) in [6.07, 6.45) is 9.30. The van der Waals surface area contributed by atoms with E-state index in [1.807, 2.05) is 6.92 Å². The van der Waals surface area contributed by atoms with Crippen LogP contribution < -0.4 is 5.32 Å². The lowest BCUT2D eigenvalue weighted by Crippen LogP contribution is -2.42. The lowest BCUT2D eigenvalue weighted by Gasteiger charge is -2.26. The molecule has 1 aromatic rings. The van der Waals surface area contributed by atoms with Gasteiger partial charge >= 0.3 is 0 Å². The minimum atomic E-state index is -0.729. The Kier molecular flexibility index (Phi) is 4.58. The lowest BCUT2D eigenvalue weighted by atomic mass is 9.94. The largest absolute Gasteiger partial charge is 0.388 e. The Morgan fingerprint density at radius 1 is 1.42 bits per heavy atom. The zero-order chi connectivity index (χ0) is 13.7. The molecule has 0 bridgehead atoms. The van der Waals surface area contributed by atoms with Crippen molar-refractivity contribution in [3.8, 4) is 0 Å². The molecule has 1 aromatic heterocycles. The quantitative estimate of drug-likeness (QED) is 0.815.